The number of nitrogens with zero attached hydrogens (tertiary/aromatic N) is 3. The van der Waals surface area contributed by atoms with Crippen LogP contribution >= 0.6 is 0 Å². The predicted molar refractivity (Wildman–Crippen MR) is 42.4 cm³/mol. The summed E-state index contributed by atoms with van der Waals surface area (Å²) >= 11 is 0. The summed E-state index contributed by atoms with van der Waals surface area (Å²) < 4.78 is 0. The van der Waals surface area contributed by atoms with E-state index in [-0.39, 0.29) is 0 Å². The van der Waals surface area contributed by atoms with Crippen molar-refractivity contribution in [2.75, 3.05) is 0 Å². The molecule has 2 rings (SSSR count). The third kappa shape index (κ3) is 0.825. The summed E-state index contributed by atoms with van der Waals surface area (Å²) in [6, 6.07) is 1.87. The van der Waals surface area contributed by atoms with Gasteiger partial charge in [-0.15, -0.1) is 0 Å². The predicted octanol–water partition coefficient (Wildman–Crippen LogP) is 0.346. The number of aromatic nitrogens is 2. The van der Waals surface area contributed by atoms with Crippen LogP contribution in [0.3, 0.4) is 0 Å². The number of hydrogen-bond acceptors (Lipinski definition) is 3. The first-order chi connectivity index (χ1) is 5.29. The third-order valence-electron chi connectivity index (χ3n) is 1.77. The zero-order valence-corrected chi connectivity index (χ0v) is 5.99. The molecule has 4 heteroatoms. The van der Waals surface area contributed by atoms with Crippen molar-refractivity contribution in [3.05, 3.63) is 30.1 Å². The van der Waals surface area contributed by atoms with E-state index in [2.05, 4.69) is 16.8 Å². The molecule has 0 unspecified atom stereocenters. The Bertz CT molecular complexity index is 310. The molecule has 1 aliphatic heterocycles. The molecule has 2 heterocycles. The Morgan fingerprint density at radius 3 is 3.18 bits per heavy atom. The summed E-state index contributed by atoms with van der Waals surface area (Å²) in [4.78, 5) is 1.57. The van der Waals surface area contributed by atoms with E-state index in [1.165, 1.54) is 0 Å². The van der Waals surface area contributed by atoms with Crippen molar-refractivity contribution in [2.24, 2.45) is 0 Å². The first kappa shape index (κ1) is 6.40. The van der Waals surface area contributed by atoms with Gasteiger partial charge in [0.1, 0.15) is 0 Å². The van der Waals surface area contributed by atoms with Crippen molar-refractivity contribution in [3.63, 3.8) is 0 Å². The lowest BCUT2D eigenvalue weighted by atomic mass is 10.2. The third-order valence-corrected chi connectivity index (χ3v) is 1.77. The molecule has 11 heavy (non-hydrogen) atoms. The molecule has 0 aromatic carbocycles. The Morgan fingerprint density at radius 2 is 2.45 bits per heavy atom. The van der Waals surface area contributed by atoms with Crippen LogP contribution in [0.1, 0.15) is 11.3 Å². The van der Waals surface area contributed by atoms with E-state index in [4.69, 9.17) is 7.98 Å². The van der Waals surface area contributed by atoms with E-state index in [0.717, 1.165) is 17.0 Å². The number of fused-ring (bicyclic) bond motifs is 1. The zero-order valence-electron chi connectivity index (χ0n) is 5.99. The van der Waals surface area contributed by atoms with Gasteiger partial charge in [0.05, 0.1) is 11.9 Å². The highest BCUT2D eigenvalue weighted by Crippen LogP contribution is 2.26. The van der Waals surface area contributed by atoms with Crippen LogP contribution in [0, 0.1) is 0 Å². The molecule has 3 nitrogen and oxygen atoms in total. The topological polar surface area (TPSA) is 29.0 Å². The van der Waals surface area contributed by atoms with E-state index >= 15 is 0 Å². The quantitative estimate of drug-likeness (QED) is 0.490. The van der Waals surface area contributed by atoms with Crippen LogP contribution in [0.15, 0.2) is 18.8 Å². The summed E-state index contributed by atoms with van der Waals surface area (Å²) in [5.41, 5.74) is 2.72. The average Bonchev–Trinajstić information content (AvgIpc) is 2.30. The molecule has 0 spiro atoms. The summed E-state index contributed by atoms with van der Waals surface area (Å²) in [6.07, 6.45) is 1.64. The normalized spacial score (nSPS) is 15.3. The van der Waals surface area contributed by atoms with Gasteiger partial charge in [0.15, 0.2) is 0 Å². The Morgan fingerprint density at radius 1 is 1.64 bits per heavy atom. The zero-order chi connectivity index (χ0) is 7.84. The lowest BCUT2D eigenvalue weighted by Gasteiger charge is -2.10. The van der Waals surface area contributed by atoms with Gasteiger partial charge in [0.25, 0.3) is 0 Å². The van der Waals surface area contributed by atoms with Crippen molar-refractivity contribution >= 4 is 13.7 Å². The average molecular weight is 143 g/mol. The van der Waals surface area contributed by atoms with Crippen LogP contribution in [0.5, 0.6) is 0 Å². The second-order valence-electron chi connectivity index (χ2n) is 2.47. The fourth-order valence-corrected chi connectivity index (χ4v) is 1.15. The largest absolute Gasteiger partial charge is 0.420 e. The van der Waals surface area contributed by atoms with Crippen LogP contribution in [-0.2, 0) is 6.54 Å². The van der Waals surface area contributed by atoms with Crippen molar-refractivity contribution in [1.82, 2.24) is 15.0 Å². The number of rotatable bonds is 0. The van der Waals surface area contributed by atoms with E-state index < -0.39 is 0 Å². The first-order valence-corrected chi connectivity index (χ1v) is 3.31. The van der Waals surface area contributed by atoms with E-state index in [1.54, 1.807) is 11.0 Å². The Hall–Kier alpha value is -1.32. The maximum Gasteiger partial charge on any atom is 0.227 e. The monoisotopic (exact) mass is 143 g/mol. The number of hydrogen-bond donors (Lipinski definition) is 0. The summed E-state index contributed by atoms with van der Waals surface area (Å²) in [5, 5.41) is 7.68. The first-order valence-electron chi connectivity index (χ1n) is 3.31. The van der Waals surface area contributed by atoms with Gasteiger partial charge >= 0.3 is 0 Å². The van der Waals surface area contributed by atoms with E-state index in [0.29, 0.717) is 6.54 Å². The van der Waals surface area contributed by atoms with Gasteiger partial charge in [0.2, 0.25) is 7.98 Å². The van der Waals surface area contributed by atoms with Gasteiger partial charge in [-0.05, 0) is 6.07 Å². The van der Waals surface area contributed by atoms with Crippen LogP contribution in [-0.4, -0.2) is 23.0 Å². The van der Waals surface area contributed by atoms with Crippen LogP contribution in [0.2, 0.25) is 0 Å². The molecule has 0 saturated heterocycles. The van der Waals surface area contributed by atoms with Crippen LogP contribution in [0.25, 0.3) is 5.70 Å². The summed E-state index contributed by atoms with van der Waals surface area (Å²) in [5.74, 6) is 0. The van der Waals surface area contributed by atoms with Gasteiger partial charge < -0.3 is 4.81 Å². The highest BCUT2D eigenvalue weighted by atomic mass is 15.2. The second-order valence-corrected chi connectivity index (χ2v) is 2.47. The minimum Gasteiger partial charge on any atom is -0.420 e. The lowest BCUT2D eigenvalue weighted by Crippen LogP contribution is -2.08. The molecule has 2 radical (unpaired) electrons. The van der Waals surface area contributed by atoms with Crippen molar-refractivity contribution in [3.8, 4) is 0 Å². The van der Waals surface area contributed by atoms with Gasteiger partial charge in [-0.3, -0.25) is 0 Å². The van der Waals surface area contributed by atoms with Crippen LogP contribution < -0.4 is 0 Å². The lowest BCUT2D eigenvalue weighted by molar-refractivity contribution is 0.642. The van der Waals surface area contributed by atoms with E-state index in [1.807, 2.05) is 6.07 Å². The van der Waals surface area contributed by atoms with E-state index in [9.17, 15) is 0 Å². The Labute approximate surface area is 66.2 Å². The molecule has 0 aliphatic carbocycles. The summed E-state index contributed by atoms with van der Waals surface area (Å²) in [7, 11) is 5.59. The van der Waals surface area contributed by atoms with Gasteiger partial charge in [-0.25, -0.2) is 0 Å². The van der Waals surface area contributed by atoms with Gasteiger partial charge in [0, 0.05) is 17.8 Å². The van der Waals surface area contributed by atoms with Crippen molar-refractivity contribution in [1.29, 1.82) is 0 Å². The van der Waals surface area contributed by atoms with Crippen LogP contribution in [0.4, 0.5) is 0 Å². The summed E-state index contributed by atoms with van der Waals surface area (Å²) in [6.45, 7) is 4.42. The highest BCUT2D eigenvalue weighted by molar-refractivity contribution is 6.10. The fraction of sp³-hybridized carbons (Fsp3) is 0.143. The maximum atomic E-state index is 5.59. The standard InChI is InChI=1S/C7H6BN3/c1-5-6-2-3-9-10-7(6)4-11(5)8/h2-3H,1,4H2. The molecule has 1 aromatic heterocycles. The van der Waals surface area contributed by atoms with Crippen molar-refractivity contribution in [2.45, 2.75) is 6.54 Å². The molecule has 0 saturated carbocycles. The molecule has 1 aliphatic rings. The second kappa shape index (κ2) is 2.08. The Kier molecular flexibility index (Phi) is 1.21. The molecule has 0 bridgehead atoms. The minimum atomic E-state index is 0.613. The molecular formula is C7H6BN3. The molecular weight excluding hydrogens is 137 g/mol. The Balaban J connectivity index is 2.55. The molecule has 0 amide bonds. The van der Waals surface area contributed by atoms with Gasteiger partial charge in [-0.2, -0.15) is 10.2 Å². The van der Waals surface area contributed by atoms with Crippen molar-refractivity contribution < 1.29 is 0 Å². The highest BCUT2D eigenvalue weighted by Gasteiger charge is 2.19. The molecule has 1 aromatic rings. The molecule has 52 valence electrons. The SMILES string of the molecule is [B]N1Cc2nnccc2C1=C. The maximum absolute atomic E-state index is 5.59. The minimum absolute atomic E-state index is 0.613. The molecule has 0 N–H and O–H groups in total. The smallest absolute Gasteiger partial charge is 0.227 e. The molecule has 0 atom stereocenters. The molecule has 0 fully saturated rings. The fourth-order valence-electron chi connectivity index (χ4n) is 1.15. The van der Waals surface area contributed by atoms with Gasteiger partial charge in [-0.1, -0.05) is 6.58 Å².